The maximum atomic E-state index is 11.6. The van der Waals surface area contributed by atoms with Crippen LogP contribution in [-0.2, 0) is 4.79 Å². The minimum absolute atomic E-state index is 0.0165. The first kappa shape index (κ1) is 12.0. The molecule has 0 heterocycles. The van der Waals surface area contributed by atoms with Crippen molar-refractivity contribution >= 4 is 24.1 Å². The van der Waals surface area contributed by atoms with Crippen LogP contribution >= 0.6 is 0 Å². The van der Waals surface area contributed by atoms with E-state index in [1.807, 2.05) is 30.3 Å². The van der Waals surface area contributed by atoms with Gasteiger partial charge in [0.15, 0.2) is 0 Å². The Morgan fingerprint density at radius 3 is 2.67 bits per heavy atom. The summed E-state index contributed by atoms with van der Waals surface area (Å²) in [5.41, 5.74) is 0. The zero-order valence-corrected chi connectivity index (χ0v) is 10.3. The number of hydrogen-bond acceptors (Lipinski definition) is 1. The van der Waals surface area contributed by atoms with E-state index in [1.165, 1.54) is 0 Å². The van der Waals surface area contributed by atoms with Crippen molar-refractivity contribution in [3.63, 3.8) is 0 Å². The molecule has 78 valence electrons. The molecule has 0 N–H and O–H groups in total. The van der Waals surface area contributed by atoms with Crippen LogP contribution in [-0.4, -0.2) is 19.6 Å². The molecule has 2 heteroatoms. The van der Waals surface area contributed by atoms with Crippen molar-refractivity contribution in [2.24, 2.45) is 0 Å². The van der Waals surface area contributed by atoms with Gasteiger partial charge in [0.1, 0.15) is 0 Å². The van der Waals surface area contributed by atoms with Gasteiger partial charge in [-0.05, 0) is 0 Å². The van der Waals surface area contributed by atoms with Crippen molar-refractivity contribution < 1.29 is 4.79 Å². The topological polar surface area (TPSA) is 17.1 Å². The predicted molar refractivity (Wildman–Crippen MR) is 64.1 cm³/mol. The quantitative estimate of drug-likeness (QED) is 0.435. The Balaban J connectivity index is 2.22. The second kappa shape index (κ2) is 7.29. The molecule has 0 atom stereocenters. The van der Waals surface area contributed by atoms with Crippen LogP contribution in [0.3, 0.4) is 0 Å². The fourth-order valence-corrected chi connectivity index (χ4v) is 2.85. The van der Waals surface area contributed by atoms with Crippen molar-refractivity contribution in [1.29, 1.82) is 0 Å². The molecule has 1 nitrogen and oxygen atoms in total. The van der Waals surface area contributed by atoms with Crippen LogP contribution in [0.15, 0.2) is 30.3 Å². The molecular formula is C13H14OSe. The van der Waals surface area contributed by atoms with Crippen LogP contribution in [0.25, 0.3) is 0 Å². The summed E-state index contributed by atoms with van der Waals surface area (Å²) in [7, 11) is 0. The molecule has 0 aliphatic carbocycles. The third-order valence-corrected chi connectivity index (χ3v) is 3.90. The Morgan fingerprint density at radius 1 is 1.27 bits per heavy atom. The average Bonchev–Trinajstić information content (AvgIpc) is 2.26. The fourth-order valence-electron chi connectivity index (χ4n) is 1.17. The van der Waals surface area contributed by atoms with Crippen molar-refractivity contribution in [1.82, 2.24) is 0 Å². The van der Waals surface area contributed by atoms with E-state index < -0.39 is 0 Å². The molecule has 0 saturated heterocycles. The molecule has 0 aliphatic heterocycles. The van der Waals surface area contributed by atoms with Gasteiger partial charge in [-0.1, -0.05) is 0 Å². The van der Waals surface area contributed by atoms with Gasteiger partial charge < -0.3 is 0 Å². The Hall–Kier alpha value is -1.03. The van der Waals surface area contributed by atoms with Gasteiger partial charge in [-0.2, -0.15) is 0 Å². The standard InChI is InChI=1S/C13H14OSe/c1-2-3-4-8-11-13(14)15-12-9-6-5-7-10-12/h1,5-7,9-10H,3-4,8,11H2. The van der Waals surface area contributed by atoms with Crippen LogP contribution in [0.4, 0.5) is 0 Å². The monoisotopic (exact) mass is 266 g/mol. The van der Waals surface area contributed by atoms with Gasteiger partial charge in [0, 0.05) is 0 Å². The van der Waals surface area contributed by atoms with E-state index in [1.54, 1.807) is 0 Å². The first-order chi connectivity index (χ1) is 7.33. The van der Waals surface area contributed by atoms with Crippen LogP contribution in [0.2, 0.25) is 0 Å². The van der Waals surface area contributed by atoms with E-state index >= 15 is 0 Å². The van der Waals surface area contributed by atoms with E-state index in [-0.39, 0.29) is 15.0 Å². The molecule has 0 aliphatic rings. The average molecular weight is 265 g/mol. The number of terminal acetylenes is 1. The minimum atomic E-state index is -0.0165. The third-order valence-electron chi connectivity index (χ3n) is 1.93. The Kier molecular flexibility index (Phi) is 5.85. The maximum absolute atomic E-state index is 11.6. The molecule has 0 amide bonds. The molecule has 1 aromatic rings. The van der Waals surface area contributed by atoms with Crippen LogP contribution < -0.4 is 4.46 Å². The van der Waals surface area contributed by atoms with Crippen molar-refractivity contribution in [2.45, 2.75) is 25.7 Å². The van der Waals surface area contributed by atoms with Crippen molar-refractivity contribution in [3.8, 4) is 12.3 Å². The van der Waals surface area contributed by atoms with E-state index in [4.69, 9.17) is 6.42 Å². The number of carbonyl (C=O) groups is 1. The first-order valence-electron chi connectivity index (χ1n) is 5.02. The molecule has 1 aromatic carbocycles. The normalized spacial score (nSPS) is 9.53. The van der Waals surface area contributed by atoms with Gasteiger partial charge >= 0.3 is 97.3 Å². The summed E-state index contributed by atoms with van der Waals surface area (Å²) in [6.07, 6.45) is 8.49. The molecule has 0 aromatic heterocycles. The first-order valence-corrected chi connectivity index (χ1v) is 6.73. The number of benzene rings is 1. The summed E-state index contributed by atoms with van der Waals surface area (Å²) in [5.74, 6) is 2.58. The Morgan fingerprint density at radius 2 is 2.00 bits per heavy atom. The van der Waals surface area contributed by atoms with Crippen LogP contribution in [0, 0.1) is 12.3 Å². The van der Waals surface area contributed by atoms with Gasteiger partial charge in [0.25, 0.3) is 0 Å². The molecular weight excluding hydrogens is 251 g/mol. The molecule has 0 unspecified atom stereocenters. The summed E-state index contributed by atoms with van der Waals surface area (Å²) < 4.78 is 1.53. The van der Waals surface area contributed by atoms with Crippen molar-refractivity contribution in [3.05, 3.63) is 30.3 Å². The third kappa shape index (κ3) is 5.42. The molecule has 0 fully saturated rings. The van der Waals surface area contributed by atoms with E-state index in [0.717, 1.165) is 23.7 Å². The SMILES string of the molecule is C#CCCCCC(=O)[Se]c1ccccc1. The molecule has 0 bridgehead atoms. The Bertz CT molecular complexity index is 337. The van der Waals surface area contributed by atoms with Crippen molar-refractivity contribution in [2.75, 3.05) is 0 Å². The summed E-state index contributed by atoms with van der Waals surface area (Å²) in [6, 6.07) is 9.95. The fraction of sp³-hybridized carbons (Fsp3) is 0.308. The molecule has 1 rings (SSSR count). The molecule has 0 saturated carbocycles. The molecule has 15 heavy (non-hydrogen) atoms. The Labute approximate surface area is 97.4 Å². The molecule has 0 spiro atoms. The predicted octanol–water partition coefficient (Wildman–Crippen LogP) is 1.74. The van der Waals surface area contributed by atoms with Gasteiger partial charge in [-0.3, -0.25) is 0 Å². The van der Waals surface area contributed by atoms with Gasteiger partial charge in [-0.25, -0.2) is 0 Å². The van der Waals surface area contributed by atoms with E-state index in [0.29, 0.717) is 11.1 Å². The van der Waals surface area contributed by atoms with Gasteiger partial charge in [0.05, 0.1) is 0 Å². The summed E-state index contributed by atoms with van der Waals surface area (Å²) in [5, 5.41) is 0. The van der Waals surface area contributed by atoms with Gasteiger partial charge in [-0.15, -0.1) is 0 Å². The van der Waals surface area contributed by atoms with Gasteiger partial charge in [0.2, 0.25) is 0 Å². The summed E-state index contributed by atoms with van der Waals surface area (Å²) in [4.78, 5) is 11.6. The second-order valence-electron chi connectivity index (χ2n) is 3.20. The number of hydrogen-bond donors (Lipinski definition) is 0. The molecule has 0 radical (unpaired) electrons. The number of unbranched alkanes of at least 4 members (excludes halogenated alkanes) is 2. The van der Waals surface area contributed by atoms with Crippen LogP contribution in [0.1, 0.15) is 25.7 Å². The number of rotatable bonds is 6. The zero-order chi connectivity index (χ0) is 10.9. The van der Waals surface area contributed by atoms with E-state index in [9.17, 15) is 4.79 Å². The zero-order valence-electron chi connectivity index (χ0n) is 8.61. The van der Waals surface area contributed by atoms with Crippen LogP contribution in [0.5, 0.6) is 0 Å². The number of carbonyl (C=O) groups excluding carboxylic acids is 1. The second-order valence-corrected chi connectivity index (χ2v) is 5.57. The summed E-state index contributed by atoms with van der Waals surface area (Å²) >= 11 is -0.0165. The summed E-state index contributed by atoms with van der Waals surface area (Å²) in [6.45, 7) is 0. The van der Waals surface area contributed by atoms with E-state index in [2.05, 4.69) is 5.92 Å².